The van der Waals surface area contributed by atoms with Gasteiger partial charge in [-0.25, -0.2) is 0 Å². The van der Waals surface area contributed by atoms with E-state index in [4.69, 9.17) is 5.73 Å². The van der Waals surface area contributed by atoms with Crippen LogP contribution in [-0.2, 0) is 52.7 Å². The minimum atomic E-state index is -1.90. The van der Waals surface area contributed by atoms with E-state index >= 15 is 0 Å². The summed E-state index contributed by atoms with van der Waals surface area (Å²) in [6.45, 7) is 14.4. The highest BCUT2D eigenvalue weighted by Crippen LogP contribution is 2.14. The van der Waals surface area contributed by atoms with E-state index in [-0.39, 0.29) is 11.8 Å². The molecule has 0 unspecified atom stereocenters. The molecular weight excluding hydrogens is 923 g/mol. The van der Waals surface area contributed by atoms with Crippen molar-refractivity contribution >= 4 is 65.0 Å². The number of hydrogen-bond acceptors (Lipinski definition) is 15. The molecule has 26 heteroatoms. The lowest BCUT2D eigenvalue weighted by Crippen LogP contribution is -2.63. The van der Waals surface area contributed by atoms with Crippen molar-refractivity contribution in [3.05, 3.63) is 0 Å². The molecule has 1 fully saturated rings. The van der Waals surface area contributed by atoms with Gasteiger partial charge in [-0.2, -0.15) is 0 Å². The highest BCUT2D eigenvalue weighted by Gasteiger charge is 2.38. The highest BCUT2D eigenvalue weighted by atomic mass is 16.4. The summed E-state index contributed by atoms with van der Waals surface area (Å²) < 4.78 is 0. The van der Waals surface area contributed by atoms with Gasteiger partial charge in [0.1, 0.15) is 54.4 Å². The van der Waals surface area contributed by atoms with Crippen LogP contribution in [-0.4, -0.2) is 171 Å². The third kappa shape index (κ3) is 19.8. The Hall–Kier alpha value is -5.99. The Morgan fingerprint density at radius 1 is 0.543 bits per heavy atom. The molecule has 16 N–H and O–H groups in total. The smallest absolute Gasteiger partial charge is 0.325 e. The fourth-order valence-corrected chi connectivity index (χ4v) is 6.95. The lowest BCUT2D eigenvalue weighted by Gasteiger charge is -2.30. The number of hydrogen-bond donors (Lipinski definition) is 15. The Morgan fingerprint density at radius 3 is 1.41 bits per heavy atom. The number of nitrogens with two attached hydrogens (primary N) is 1. The summed E-state index contributed by atoms with van der Waals surface area (Å²) in [5.41, 5.74) is 5.31. The quantitative estimate of drug-likeness (QED) is 0.0320. The SMILES string of the molecule is CC[C@H](C)[C@H](NC(=O)[C@H](C)NC(=O)[C@@H](NC(=O)[C@@H](NC(=O)[C@H](CCC(N)=O)NC(=O)[C@H](CO)NC(=O)[C@@H](NC(=O)[C@@H](NC(=O)[C@@H]1CCCN1)[C@@H](C)CC)C(C)C)[C@@H](C)O)[C@@H](C)O)C(=O)N[C@@H](C)C(=O)O. The number of aliphatic hydroxyl groups is 3. The molecule has 10 amide bonds. The number of aliphatic hydroxyl groups excluding tert-OH is 3. The van der Waals surface area contributed by atoms with Gasteiger partial charge in [-0.15, -0.1) is 0 Å². The van der Waals surface area contributed by atoms with Crippen molar-refractivity contribution in [3.63, 3.8) is 0 Å². The van der Waals surface area contributed by atoms with Crippen molar-refractivity contribution in [1.29, 1.82) is 0 Å². The number of primary amides is 1. The van der Waals surface area contributed by atoms with E-state index in [9.17, 15) is 73.2 Å². The zero-order chi connectivity index (χ0) is 53.7. The second-order valence-electron chi connectivity index (χ2n) is 18.2. The summed E-state index contributed by atoms with van der Waals surface area (Å²) >= 11 is 0. The van der Waals surface area contributed by atoms with Crippen molar-refractivity contribution in [2.24, 2.45) is 23.5 Å². The Bertz CT molecular complexity index is 1850. The number of nitrogens with one attached hydrogen (secondary N) is 10. The van der Waals surface area contributed by atoms with Crippen molar-refractivity contribution in [1.82, 2.24) is 53.2 Å². The molecule has 1 aliphatic rings. The topological polar surface area (TPSA) is 415 Å². The van der Waals surface area contributed by atoms with Crippen LogP contribution in [0.15, 0.2) is 0 Å². The summed E-state index contributed by atoms with van der Waals surface area (Å²) in [6, 6.07) is -13.9. The van der Waals surface area contributed by atoms with Crippen molar-refractivity contribution < 1.29 is 73.2 Å². The molecule has 0 aromatic carbocycles. The van der Waals surface area contributed by atoms with E-state index in [0.29, 0.717) is 25.8 Å². The number of aliphatic carboxylic acids is 1. The predicted octanol–water partition coefficient (Wildman–Crippen LogP) is -5.01. The summed E-state index contributed by atoms with van der Waals surface area (Å²) in [6.07, 6.45) is -2.11. The minimum Gasteiger partial charge on any atom is -0.480 e. The largest absolute Gasteiger partial charge is 0.480 e. The number of carbonyl (C=O) groups excluding carboxylic acids is 10. The molecule has 0 aromatic heterocycles. The molecule has 1 rings (SSSR count). The first kappa shape index (κ1) is 62.0. The average molecular weight is 1000 g/mol. The van der Waals surface area contributed by atoms with Crippen LogP contribution in [0.2, 0.25) is 0 Å². The van der Waals surface area contributed by atoms with E-state index in [1.54, 1.807) is 34.6 Å². The molecule has 0 aliphatic carbocycles. The molecule has 70 heavy (non-hydrogen) atoms. The lowest BCUT2D eigenvalue weighted by atomic mass is 9.96. The first-order valence-electron chi connectivity index (χ1n) is 23.6. The lowest BCUT2D eigenvalue weighted by molar-refractivity contribution is -0.142. The highest BCUT2D eigenvalue weighted by molar-refractivity contribution is 5.99. The number of carbonyl (C=O) groups is 11. The molecule has 1 heterocycles. The van der Waals surface area contributed by atoms with Crippen LogP contribution < -0.4 is 58.9 Å². The Morgan fingerprint density at radius 2 is 0.957 bits per heavy atom. The molecule has 14 atom stereocenters. The van der Waals surface area contributed by atoms with Crippen LogP contribution in [0, 0.1) is 17.8 Å². The monoisotopic (exact) mass is 1000 g/mol. The van der Waals surface area contributed by atoms with Gasteiger partial charge in [0.2, 0.25) is 59.1 Å². The van der Waals surface area contributed by atoms with Gasteiger partial charge in [0, 0.05) is 6.42 Å². The predicted molar refractivity (Wildman–Crippen MR) is 250 cm³/mol. The van der Waals surface area contributed by atoms with E-state index in [1.807, 2.05) is 6.92 Å². The van der Waals surface area contributed by atoms with Crippen molar-refractivity contribution in [2.45, 2.75) is 180 Å². The third-order valence-corrected chi connectivity index (χ3v) is 11.9. The number of carboxylic acids is 1. The zero-order valence-corrected chi connectivity index (χ0v) is 41.7. The molecule has 0 spiro atoms. The number of amides is 10. The maximum Gasteiger partial charge on any atom is 0.325 e. The summed E-state index contributed by atoms with van der Waals surface area (Å²) in [5, 5.41) is 65.1. The molecule has 0 saturated carbocycles. The molecular formula is C44H77N11O15. The standard InChI is InChI=1S/C44H77N11O15/c1-11-20(5)31(40(65)48-23(8)44(69)70)52-35(60)22(7)47-42(67)33(24(9)57)55-43(68)34(25(10)58)54-37(62)27(15-16-29(45)59)49-38(63)28(18-56)50-39(64)30(19(3)4)51-41(66)32(21(6)12-2)53-36(61)26-14-13-17-46-26/h19-28,30-34,46,56-58H,11-18H2,1-10H3,(H2,45,59)(H,47,67)(H,48,65)(H,49,63)(H,50,64)(H,51,66)(H,52,60)(H,53,61)(H,54,62)(H,55,68)(H,69,70)/t20-,21-,22-,23-,24+,25+,26-,27-,28-,30-,31-,32-,33-,34-/m0/s1. The van der Waals surface area contributed by atoms with Crippen molar-refractivity contribution in [3.8, 4) is 0 Å². The molecule has 0 bridgehead atoms. The number of rotatable bonds is 30. The van der Waals surface area contributed by atoms with E-state index in [2.05, 4.69) is 53.2 Å². The maximum absolute atomic E-state index is 13.7. The van der Waals surface area contributed by atoms with Crippen LogP contribution in [0.4, 0.5) is 0 Å². The van der Waals surface area contributed by atoms with Crippen molar-refractivity contribution in [2.75, 3.05) is 13.2 Å². The van der Waals surface area contributed by atoms with Gasteiger partial charge in [-0.05, 0) is 71.3 Å². The maximum atomic E-state index is 13.7. The molecule has 1 aliphatic heterocycles. The molecule has 1 saturated heterocycles. The zero-order valence-electron chi connectivity index (χ0n) is 41.7. The number of carboxylic acid groups (broad SMARTS) is 1. The van der Waals surface area contributed by atoms with Gasteiger partial charge in [0.05, 0.1) is 24.9 Å². The van der Waals surface area contributed by atoms with Gasteiger partial charge in [0.25, 0.3) is 0 Å². The van der Waals surface area contributed by atoms with Crippen LogP contribution in [0.3, 0.4) is 0 Å². The van der Waals surface area contributed by atoms with Gasteiger partial charge >= 0.3 is 5.97 Å². The van der Waals surface area contributed by atoms with E-state index < -0.39 is 163 Å². The second kappa shape index (κ2) is 29.9. The summed E-state index contributed by atoms with van der Waals surface area (Å²) in [7, 11) is 0. The van der Waals surface area contributed by atoms with Gasteiger partial charge in [0.15, 0.2) is 0 Å². The fraction of sp³-hybridized carbons (Fsp3) is 0.750. The second-order valence-corrected chi connectivity index (χ2v) is 18.2. The van der Waals surface area contributed by atoms with Gasteiger partial charge < -0.3 is 79.3 Å². The molecule has 0 radical (unpaired) electrons. The molecule has 398 valence electrons. The Kier molecular flexibility index (Phi) is 26.5. The van der Waals surface area contributed by atoms with Gasteiger partial charge in [-0.3, -0.25) is 52.7 Å². The van der Waals surface area contributed by atoms with Crippen LogP contribution in [0.1, 0.15) is 108 Å². The Labute approximate surface area is 407 Å². The first-order chi connectivity index (χ1) is 32.6. The fourth-order valence-electron chi connectivity index (χ4n) is 6.95. The minimum absolute atomic E-state index is 0.343. The van der Waals surface area contributed by atoms with E-state index in [0.717, 1.165) is 20.3 Å². The summed E-state index contributed by atoms with van der Waals surface area (Å²) in [5.74, 6) is -12.0. The van der Waals surface area contributed by atoms with E-state index in [1.165, 1.54) is 13.8 Å². The Balaban J connectivity index is 3.21. The summed E-state index contributed by atoms with van der Waals surface area (Å²) in [4.78, 5) is 143. The van der Waals surface area contributed by atoms with Gasteiger partial charge in [-0.1, -0.05) is 54.4 Å². The van der Waals surface area contributed by atoms with Crippen LogP contribution >= 0.6 is 0 Å². The van der Waals surface area contributed by atoms with Crippen LogP contribution in [0.25, 0.3) is 0 Å². The normalized spacial score (nSPS) is 19.0. The molecule has 26 nitrogen and oxygen atoms in total. The third-order valence-electron chi connectivity index (χ3n) is 11.9. The van der Waals surface area contributed by atoms with Crippen LogP contribution in [0.5, 0.6) is 0 Å². The molecule has 0 aromatic rings. The first-order valence-corrected chi connectivity index (χ1v) is 23.6. The average Bonchev–Trinajstić information content (AvgIpc) is 3.84.